The third-order valence-electron chi connectivity index (χ3n) is 5.87. The molecule has 156 valence electrons. The number of nitrogens with one attached hydrogen (secondary N) is 1. The van der Waals surface area contributed by atoms with E-state index < -0.39 is 0 Å². The lowest BCUT2D eigenvalue weighted by Crippen LogP contribution is -2.42. The molecule has 1 atom stereocenters. The number of likely N-dealkylation sites (tertiary alicyclic amines) is 1. The number of hydrogen-bond donors (Lipinski definition) is 1. The maximum absolute atomic E-state index is 13.5. The standard InChI is InChI=1S/C24H27ClN4O/c1-2-28-14-8-11-20(28)17-29(24(30)21-12-6-7-13-22(21)25)16-19-15-26-27-23(19)18-9-4-3-5-10-18/h3-7,9-10,12-13,15,20H,2,8,11,14,16-17H2,1H3,(H,26,27)/t20-/m0/s1. The fraction of sp³-hybridized carbons (Fsp3) is 0.333. The summed E-state index contributed by atoms with van der Waals surface area (Å²) in [7, 11) is 0. The fourth-order valence-electron chi connectivity index (χ4n) is 4.29. The third-order valence-corrected chi connectivity index (χ3v) is 6.20. The predicted molar refractivity (Wildman–Crippen MR) is 120 cm³/mol. The number of H-pyrrole nitrogens is 1. The highest BCUT2D eigenvalue weighted by Crippen LogP contribution is 2.26. The molecule has 4 rings (SSSR count). The Balaban J connectivity index is 1.64. The number of nitrogens with zero attached hydrogens (tertiary/aromatic N) is 3. The number of hydrogen-bond acceptors (Lipinski definition) is 3. The monoisotopic (exact) mass is 422 g/mol. The highest BCUT2D eigenvalue weighted by molar-refractivity contribution is 6.33. The van der Waals surface area contributed by atoms with Crippen LogP contribution >= 0.6 is 11.6 Å². The first-order chi connectivity index (χ1) is 14.7. The second-order valence-corrected chi connectivity index (χ2v) is 8.13. The Labute approximate surface area is 182 Å². The molecule has 1 aliphatic rings. The number of aromatic nitrogens is 2. The van der Waals surface area contributed by atoms with Crippen molar-refractivity contribution in [3.8, 4) is 11.3 Å². The van der Waals surface area contributed by atoms with E-state index in [0.717, 1.165) is 36.3 Å². The van der Waals surface area contributed by atoms with Crippen molar-refractivity contribution in [3.63, 3.8) is 0 Å². The number of carbonyl (C=O) groups is 1. The molecule has 30 heavy (non-hydrogen) atoms. The van der Waals surface area contributed by atoms with E-state index in [9.17, 15) is 4.79 Å². The van der Waals surface area contributed by atoms with Gasteiger partial charge in [0.05, 0.1) is 22.5 Å². The Kier molecular flexibility index (Phi) is 6.50. The van der Waals surface area contributed by atoms with Crippen LogP contribution in [0.5, 0.6) is 0 Å². The number of aromatic amines is 1. The van der Waals surface area contributed by atoms with Gasteiger partial charge in [0.25, 0.3) is 5.91 Å². The zero-order valence-electron chi connectivity index (χ0n) is 17.2. The van der Waals surface area contributed by atoms with E-state index in [1.54, 1.807) is 12.1 Å². The van der Waals surface area contributed by atoms with Crippen molar-refractivity contribution in [1.29, 1.82) is 0 Å². The van der Waals surface area contributed by atoms with Gasteiger partial charge in [-0.1, -0.05) is 61.0 Å². The number of likely N-dealkylation sites (N-methyl/N-ethyl adjacent to an activating group) is 1. The second-order valence-electron chi connectivity index (χ2n) is 7.73. The van der Waals surface area contributed by atoms with Crippen LogP contribution in [0.15, 0.2) is 60.8 Å². The molecule has 0 radical (unpaired) electrons. The Morgan fingerprint density at radius 1 is 1.20 bits per heavy atom. The lowest BCUT2D eigenvalue weighted by Gasteiger charge is -2.30. The minimum absolute atomic E-state index is 0.0382. The zero-order chi connectivity index (χ0) is 20.9. The smallest absolute Gasteiger partial charge is 0.255 e. The molecule has 0 bridgehead atoms. The van der Waals surface area contributed by atoms with E-state index in [0.29, 0.717) is 29.7 Å². The average molecular weight is 423 g/mol. The molecule has 1 saturated heterocycles. The summed E-state index contributed by atoms with van der Waals surface area (Å²) in [6.45, 7) is 5.44. The molecule has 0 spiro atoms. The summed E-state index contributed by atoms with van der Waals surface area (Å²) in [4.78, 5) is 17.9. The average Bonchev–Trinajstić information content (AvgIpc) is 3.43. The van der Waals surface area contributed by atoms with Gasteiger partial charge in [-0.05, 0) is 43.6 Å². The molecule has 1 aromatic heterocycles. The van der Waals surface area contributed by atoms with Gasteiger partial charge in [-0.15, -0.1) is 0 Å². The first-order valence-corrected chi connectivity index (χ1v) is 10.9. The number of benzene rings is 2. The van der Waals surface area contributed by atoms with E-state index in [4.69, 9.17) is 11.6 Å². The van der Waals surface area contributed by atoms with Crippen LogP contribution < -0.4 is 0 Å². The number of amides is 1. The van der Waals surface area contributed by atoms with Gasteiger partial charge in [0.15, 0.2) is 0 Å². The topological polar surface area (TPSA) is 52.2 Å². The normalized spacial score (nSPS) is 16.7. The van der Waals surface area contributed by atoms with Crippen LogP contribution in [-0.2, 0) is 6.54 Å². The SMILES string of the molecule is CCN1CCC[C@H]1CN(Cc1cn[nH]c1-c1ccccc1)C(=O)c1ccccc1Cl. The lowest BCUT2D eigenvalue weighted by atomic mass is 10.1. The number of halogens is 1. The maximum atomic E-state index is 13.5. The summed E-state index contributed by atoms with van der Waals surface area (Å²) in [5.41, 5.74) is 3.56. The summed E-state index contributed by atoms with van der Waals surface area (Å²) in [6, 6.07) is 17.8. The predicted octanol–water partition coefficient (Wildman–Crippen LogP) is 4.86. The van der Waals surface area contributed by atoms with E-state index in [1.165, 1.54) is 6.42 Å². The number of rotatable bonds is 7. The van der Waals surface area contributed by atoms with Crippen LogP contribution in [0, 0.1) is 0 Å². The Morgan fingerprint density at radius 2 is 1.97 bits per heavy atom. The highest BCUT2D eigenvalue weighted by Gasteiger charge is 2.29. The highest BCUT2D eigenvalue weighted by atomic mass is 35.5. The minimum Gasteiger partial charge on any atom is -0.333 e. The Bertz CT molecular complexity index is 988. The van der Waals surface area contributed by atoms with E-state index in [-0.39, 0.29) is 5.91 Å². The van der Waals surface area contributed by atoms with Gasteiger partial charge < -0.3 is 4.90 Å². The van der Waals surface area contributed by atoms with Crippen molar-refractivity contribution in [3.05, 3.63) is 76.9 Å². The van der Waals surface area contributed by atoms with E-state index in [1.807, 2.05) is 53.6 Å². The third kappa shape index (κ3) is 4.42. The van der Waals surface area contributed by atoms with Crippen molar-refractivity contribution in [2.75, 3.05) is 19.6 Å². The summed E-state index contributed by atoms with van der Waals surface area (Å²) in [5.74, 6) is -0.0382. The van der Waals surface area contributed by atoms with Gasteiger partial charge in [0.2, 0.25) is 0 Å². The Morgan fingerprint density at radius 3 is 2.73 bits per heavy atom. The van der Waals surface area contributed by atoms with Crippen LogP contribution in [0.3, 0.4) is 0 Å². The van der Waals surface area contributed by atoms with Gasteiger partial charge >= 0.3 is 0 Å². The maximum Gasteiger partial charge on any atom is 0.255 e. The van der Waals surface area contributed by atoms with Crippen LogP contribution in [0.1, 0.15) is 35.7 Å². The van der Waals surface area contributed by atoms with Gasteiger partial charge in [-0.25, -0.2) is 0 Å². The van der Waals surface area contributed by atoms with Gasteiger partial charge in [-0.2, -0.15) is 5.10 Å². The zero-order valence-corrected chi connectivity index (χ0v) is 18.0. The molecule has 1 fully saturated rings. The molecule has 1 N–H and O–H groups in total. The van der Waals surface area contributed by atoms with Gasteiger partial charge in [-0.3, -0.25) is 14.8 Å². The molecule has 0 unspecified atom stereocenters. The van der Waals surface area contributed by atoms with Crippen molar-refractivity contribution < 1.29 is 4.79 Å². The molecular weight excluding hydrogens is 396 g/mol. The fourth-order valence-corrected chi connectivity index (χ4v) is 4.50. The van der Waals surface area contributed by atoms with Gasteiger partial charge in [0, 0.05) is 24.7 Å². The molecule has 1 aliphatic heterocycles. The Hall–Kier alpha value is -2.63. The first kappa shape index (κ1) is 20.6. The molecule has 2 aromatic carbocycles. The molecule has 3 aromatic rings. The first-order valence-electron chi connectivity index (χ1n) is 10.5. The summed E-state index contributed by atoms with van der Waals surface area (Å²) < 4.78 is 0. The largest absolute Gasteiger partial charge is 0.333 e. The van der Waals surface area contributed by atoms with Crippen LogP contribution in [0.2, 0.25) is 5.02 Å². The van der Waals surface area contributed by atoms with Crippen molar-refractivity contribution >= 4 is 17.5 Å². The van der Waals surface area contributed by atoms with Crippen molar-refractivity contribution in [2.45, 2.75) is 32.4 Å². The van der Waals surface area contributed by atoms with Crippen molar-refractivity contribution in [2.24, 2.45) is 0 Å². The van der Waals surface area contributed by atoms with Crippen molar-refractivity contribution in [1.82, 2.24) is 20.0 Å². The van der Waals surface area contributed by atoms with Gasteiger partial charge in [0.1, 0.15) is 0 Å². The molecule has 2 heterocycles. The van der Waals surface area contributed by atoms with Crippen LogP contribution in [-0.4, -0.2) is 51.6 Å². The molecule has 1 amide bonds. The molecular formula is C24H27ClN4O. The summed E-state index contributed by atoms with van der Waals surface area (Å²) >= 11 is 6.37. The molecule has 0 saturated carbocycles. The summed E-state index contributed by atoms with van der Waals surface area (Å²) in [6.07, 6.45) is 4.10. The van der Waals surface area contributed by atoms with Crippen LogP contribution in [0.25, 0.3) is 11.3 Å². The molecule has 0 aliphatic carbocycles. The second kappa shape index (κ2) is 9.45. The number of carbonyl (C=O) groups excluding carboxylic acids is 1. The van der Waals surface area contributed by atoms with E-state index >= 15 is 0 Å². The summed E-state index contributed by atoms with van der Waals surface area (Å²) in [5, 5.41) is 7.86. The molecule has 6 heteroatoms. The van der Waals surface area contributed by atoms with E-state index in [2.05, 4.69) is 22.0 Å². The minimum atomic E-state index is -0.0382. The van der Waals surface area contributed by atoms with Crippen LogP contribution in [0.4, 0.5) is 0 Å². The lowest BCUT2D eigenvalue weighted by molar-refractivity contribution is 0.0692. The quantitative estimate of drug-likeness (QED) is 0.591. The molecule has 5 nitrogen and oxygen atoms in total.